The Morgan fingerprint density at radius 3 is 2.76 bits per heavy atom. The molecule has 1 aliphatic rings. The lowest BCUT2D eigenvalue weighted by Gasteiger charge is -2.18. The van der Waals surface area contributed by atoms with Crippen molar-refractivity contribution in [2.24, 2.45) is 0 Å². The van der Waals surface area contributed by atoms with E-state index in [9.17, 15) is 9.59 Å². The van der Waals surface area contributed by atoms with Crippen molar-refractivity contribution in [2.45, 2.75) is 38.6 Å². The normalized spacial score (nSPS) is 16.8. The Bertz CT molecular complexity index is 261. The second-order valence-corrected chi connectivity index (χ2v) is 4.12. The first-order valence-corrected chi connectivity index (χ1v) is 5.89. The minimum Gasteiger partial charge on any atom is -0.480 e. The Kier molecular flexibility index (Phi) is 7.91. The first kappa shape index (κ1) is 16.2. The molecule has 1 atom stereocenters. The quantitative estimate of drug-likeness (QED) is 0.716. The van der Waals surface area contributed by atoms with Gasteiger partial charge in [-0.25, -0.2) is 0 Å². The number of carboxylic acids is 1. The summed E-state index contributed by atoms with van der Waals surface area (Å²) in [7, 11) is 0. The van der Waals surface area contributed by atoms with Gasteiger partial charge < -0.3 is 15.3 Å². The summed E-state index contributed by atoms with van der Waals surface area (Å²) in [6.07, 6.45) is 3.03. The zero-order chi connectivity index (χ0) is 12.0. The summed E-state index contributed by atoms with van der Waals surface area (Å²) in [4.78, 5) is 23.9. The summed E-state index contributed by atoms with van der Waals surface area (Å²) in [5.41, 5.74) is 0. The predicted octanol–water partition coefficient (Wildman–Crippen LogP) is 0.873. The SMILES string of the molecule is CCCC(NCCN1CCCC1=O)C(=O)O.Cl. The molecule has 1 fully saturated rings. The molecule has 0 aliphatic carbocycles. The molecule has 0 aromatic heterocycles. The molecule has 6 heteroatoms. The summed E-state index contributed by atoms with van der Waals surface area (Å²) in [5.74, 6) is -0.626. The number of amides is 1. The summed E-state index contributed by atoms with van der Waals surface area (Å²) in [6, 6.07) is -0.484. The Morgan fingerprint density at radius 2 is 2.29 bits per heavy atom. The van der Waals surface area contributed by atoms with Gasteiger partial charge in [-0.05, 0) is 12.8 Å². The molecule has 0 saturated carbocycles. The Labute approximate surface area is 108 Å². The van der Waals surface area contributed by atoms with Gasteiger partial charge in [0, 0.05) is 26.1 Å². The molecule has 100 valence electrons. The van der Waals surface area contributed by atoms with Gasteiger partial charge >= 0.3 is 5.97 Å². The van der Waals surface area contributed by atoms with Crippen molar-refractivity contribution in [3.63, 3.8) is 0 Å². The second-order valence-electron chi connectivity index (χ2n) is 4.12. The zero-order valence-corrected chi connectivity index (χ0v) is 11.0. The van der Waals surface area contributed by atoms with Gasteiger partial charge in [-0.3, -0.25) is 9.59 Å². The molecule has 1 saturated heterocycles. The predicted molar refractivity (Wildman–Crippen MR) is 67.4 cm³/mol. The lowest BCUT2D eigenvalue weighted by molar-refractivity contribution is -0.139. The van der Waals surface area contributed by atoms with E-state index in [1.54, 1.807) is 4.90 Å². The van der Waals surface area contributed by atoms with E-state index in [0.717, 1.165) is 19.4 Å². The van der Waals surface area contributed by atoms with Crippen LogP contribution in [0.1, 0.15) is 32.6 Å². The third kappa shape index (κ3) is 5.37. The van der Waals surface area contributed by atoms with Crippen LogP contribution in [0.4, 0.5) is 0 Å². The fourth-order valence-corrected chi connectivity index (χ4v) is 1.92. The molecule has 17 heavy (non-hydrogen) atoms. The summed E-state index contributed by atoms with van der Waals surface area (Å²) in [5, 5.41) is 11.9. The molecular weight excluding hydrogens is 244 g/mol. The van der Waals surface area contributed by atoms with E-state index in [-0.39, 0.29) is 18.3 Å². The highest BCUT2D eigenvalue weighted by atomic mass is 35.5. The van der Waals surface area contributed by atoms with Crippen molar-refractivity contribution in [3.05, 3.63) is 0 Å². The van der Waals surface area contributed by atoms with E-state index in [0.29, 0.717) is 25.9 Å². The number of aliphatic carboxylic acids is 1. The van der Waals surface area contributed by atoms with Crippen LogP contribution in [0, 0.1) is 0 Å². The number of halogens is 1. The minimum absolute atomic E-state index is 0. The molecule has 1 aliphatic heterocycles. The van der Waals surface area contributed by atoms with Gasteiger partial charge in [-0.1, -0.05) is 13.3 Å². The van der Waals surface area contributed by atoms with Gasteiger partial charge in [0.2, 0.25) is 5.91 Å². The van der Waals surface area contributed by atoms with E-state index in [1.165, 1.54) is 0 Å². The highest BCUT2D eigenvalue weighted by molar-refractivity contribution is 5.85. The monoisotopic (exact) mass is 264 g/mol. The van der Waals surface area contributed by atoms with Gasteiger partial charge in [0.05, 0.1) is 0 Å². The van der Waals surface area contributed by atoms with Crippen LogP contribution in [-0.4, -0.2) is 47.6 Å². The van der Waals surface area contributed by atoms with Crippen molar-refractivity contribution < 1.29 is 14.7 Å². The van der Waals surface area contributed by atoms with Gasteiger partial charge in [-0.2, -0.15) is 0 Å². The highest BCUT2D eigenvalue weighted by Crippen LogP contribution is 2.08. The fourth-order valence-electron chi connectivity index (χ4n) is 1.92. The first-order chi connectivity index (χ1) is 7.65. The maximum Gasteiger partial charge on any atom is 0.320 e. The molecule has 5 nitrogen and oxygen atoms in total. The molecule has 1 rings (SSSR count). The Hall–Kier alpha value is -0.810. The third-order valence-corrected chi connectivity index (χ3v) is 2.82. The number of hydrogen-bond acceptors (Lipinski definition) is 3. The van der Waals surface area contributed by atoms with Crippen molar-refractivity contribution >= 4 is 24.3 Å². The van der Waals surface area contributed by atoms with Crippen LogP contribution >= 0.6 is 12.4 Å². The van der Waals surface area contributed by atoms with Crippen molar-refractivity contribution in [1.82, 2.24) is 10.2 Å². The van der Waals surface area contributed by atoms with Crippen LogP contribution in [0.15, 0.2) is 0 Å². The molecule has 1 unspecified atom stereocenters. The maximum absolute atomic E-state index is 11.3. The summed E-state index contributed by atoms with van der Waals surface area (Å²) < 4.78 is 0. The van der Waals surface area contributed by atoms with E-state index in [4.69, 9.17) is 5.11 Å². The number of hydrogen-bond donors (Lipinski definition) is 2. The van der Waals surface area contributed by atoms with Crippen LogP contribution in [0.25, 0.3) is 0 Å². The van der Waals surface area contributed by atoms with E-state index in [2.05, 4.69) is 5.32 Å². The number of nitrogens with zero attached hydrogens (tertiary/aromatic N) is 1. The number of likely N-dealkylation sites (tertiary alicyclic amines) is 1. The van der Waals surface area contributed by atoms with E-state index in [1.807, 2.05) is 6.92 Å². The minimum atomic E-state index is -0.811. The first-order valence-electron chi connectivity index (χ1n) is 5.89. The zero-order valence-electron chi connectivity index (χ0n) is 10.1. The number of carbonyl (C=O) groups is 2. The maximum atomic E-state index is 11.3. The molecule has 2 N–H and O–H groups in total. The average Bonchev–Trinajstić information content (AvgIpc) is 2.63. The van der Waals surface area contributed by atoms with Crippen molar-refractivity contribution in [1.29, 1.82) is 0 Å². The molecule has 0 bridgehead atoms. The van der Waals surface area contributed by atoms with Gasteiger partial charge in [0.15, 0.2) is 0 Å². The topological polar surface area (TPSA) is 69.6 Å². The standard InChI is InChI=1S/C11H20N2O3.ClH/c1-2-4-9(11(15)16)12-6-8-13-7-3-5-10(13)14;/h9,12H,2-8H2,1H3,(H,15,16);1H. The van der Waals surface area contributed by atoms with Crippen molar-refractivity contribution in [2.75, 3.05) is 19.6 Å². The lowest BCUT2D eigenvalue weighted by atomic mass is 10.2. The van der Waals surface area contributed by atoms with Crippen LogP contribution in [0.3, 0.4) is 0 Å². The number of nitrogens with one attached hydrogen (secondary N) is 1. The Morgan fingerprint density at radius 1 is 1.59 bits per heavy atom. The fraction of sp³-hybridized carbons (Fsp3) is 0.818. The molecule has 0 spiro atoms. The van der Waals surface area contributed by atoms with Crippen LogP contribution in [0.2, 0.25) is 0 Å². The molecule has 1 heterocycles. The van der Waals surface area contributed by atoms with E-state index < -0.39 is 12.0 Å². The van der Waals surface area contributed by atoms with Crippen LogP contribution < -0.4 is 5.32 Å². The second kappa shape index (κ2) is 8.31. The van der Waals surface area contributed by atoms with Gasteiger partial charge in [0.1, 0.15) is 6.04 Å². The molecular formula is C11H21ClN2O3. The largest absolute Gasteiger partial charge is 0.480 e. The lowest BCUT2D eigenvalue weighted by Crippen LogP contribution is -2.41. The Balaban J connectivity index is 0.00000256. The highest BCUT2D eigenvalue weighted by Gasteiger charge is 2.20. The molecule has 0 radical (unpaired) electrons. The van der Waals surface area contributed by atoms with Crippen molar-refractivity contribution in [3.8, 4) is 0 Å². The van der Waals surface area contributed by atoms with Gasteiger partial charge in [-0.15, -0.1) is 12.4 Å². The molecule has 1 amide bonds. The van der Waals surface area contributed by atoms with E-state index >= 15 is 0 Å². The van der Waals surface area contributed by atoms with Gasteiger partial charge in [0.25, 0.3) is 0 Å². The smallest absolute Gasteiger partial charge is 0.320 e. The third-order valence-electron chi connectivity index (χ3n) is 2.82. The number of rotatable bonds is 7. The molecule has 0 aromatic rings. The van der Waals surface area contributed by atoms with Crippen LogP contribution in [-0.2, 0) is 9.59 Å². The average molecular weight is 265 g/mol. The number of carbonyl (C=O) groups excluding carboxylic acids is 1. The van der Waals surface area contributed by atoms with Crippen LogP contribution in [0.5, 0.6) is 0 Å². The summed E-state index contributed by atoms with van der Waals surface area (Å²) in [6.45, 7) is 3.95. The molecule has 0 aromatic carbocycles. The number of carboxylic acid groups (broad SMARTS) is 1. The summed E-state index contributed by atoms with van der Waals surface area (Å²) >= 11 is 0.